The lowest BCUT2D eigenvalue weighted by Crippen LogP contribution is -2.61. The Morgan fingerprint density at radius 2 is 0.765 bits per heavy atom. The molecule has 0 aromatic rings. The molecule has 1 heterocycles. The number of aliphatic carboxylic acids is 1. The van der Waals surface area contributed by atoms with Gasteiger partial charge in [0.05, 0.1) is 6.61 Å². The molecule has 0 spiro atoms. The van der Waals surface area contributed by atoms with Crippen molar-refractivity contribution in [3.8, 4) is 0 Å². The number of carboxylic acids is 1. The number of aliphatic hydroxyl groups is 2. The molecule has 1 saturated heterocycles. The molecule has 0 bridgehead atoms. The number of hydrogen-bond donors (Lipinski definition) is 3. The fourth-order valence-electron chi connectivity index (χ4n) is 7.55. The summed E-state index contributed by atoms with van der Waals surface area (Å²) in [4.78, 5) is 51.1. The van der Waals surface area contributed by atoms with Gasteiger partial charge in [-0.15, -0.1) is 0 Å². The summed E-state index contributed by atoms with van der Waals surface area (Å²) in [6.07, 6.45) is 70.3. The molecule has 12 nitrogen and oxygen atoms in total. The van der Waals surface area contributed by atoms with E-state index >= 15 is 0 Å². The van der Waals surface area contributed by atoms with Crippen molar-refractivity contribution in [2.75, 3.05) is 13.2 Å². The van der Waals surface area contributed by atoms with Crippen LogP contribution in [0.2, 0.25) is 0 Å². The number of carbonyl (C=O) groups excluding carboxylic acids is 3. The molecular formula is C69H100O12. The van der Waals surface area contributed by atoms with Crippen LogP contribution in [0.1, 0.15) is 175 Å². The lowest BCUT2D eigenvalue weighted by atomic mass is 9.98. The van der Waals surface area contributed by atoms with Crippen LogP contribution in [0, 0.1) is 0 Å². The van der Waals surface area contributed by atoms with Gasteiger partial charge in [-0.2, -0.15) is 0 Å². The third-order valence-corrected chi connectivity index (χ3v) is 12.0. The quantitative estimate of drug-likeness (QED) is 0.0228. The molecule has 0 aromatic heterocycles. The van der Waals surface area contributed by atoms with Crippen LogP contribution in [-0.2, 0) is 42.9 Å². The summed E-state index contributed by atoms with van der Waals surface area (Å²) < 4.78 is 28.2. The van der Waals surface area contributed by atoms with Crippen LogP contribution in [0.15, 0.2) is 182 Å². The molecule has 448 valence electrons. The lowest BCUT2D eigenvalue weighted by molar-refractivity contribution is -0.301. The molecule has 12 heteroatoms. The Balaban J connectivity index is 2.80. The molecule has 0 saturated carbocycles. The molecule has 3 N–H and O–H groups in total. The van der Waals surface area contributed by atoms with Gasteiger partial charge in [-0.05, 0) is 128 Å². The van der Waals surface area contributed by atoms with Gasteiger partial charge in [0.2, 0.25) is 0 Å². The van der Waals surface area contributed by atoms with E-state index in [0.29, 0.717) is 32.1 Å². The number of unbranched alkanes of at least 4 members (excludes halogenated alkanes) is 3. The van der Waals surface area contributed by atoms with Gasteiger partial charge in [-0.3, -0.25) is 14.4 Å². The Hall–Kier alpha value is -6.18. The monoisotopic (exact) mass is 1120 g/mol. The van der Waals surface area contributed by atoms with E-state index < -0.39 is 67.3 Å². The number of allylic oxidation sites excluding steroid dienone is 30. The number of rotatable bonds is 47. The van der Waals surface area contributed by atoms with Crippen LogP contribution in [0.25, 0.3) is 0 Å². The van der Waals surface area contributed by atoms with Crippen LogP contribution >= 0.6 is 0 Å². The summed E-state index contributed by atoms with van der Waals surface area (Å²) in [7, 11) is 0. The molecule has 1 rings (SSSR count). The molecule has 81 heavy (non-hydrogen) atoms. The van der Waals surface area contributed by atoms with Crippen molar-refractivity contribution in [2.24, 2.45) is 0 Å². The Morgan fingerprint density at radius 1 is 0.407 bits per heavy atom. The summed E-state index contributed by atoms with van der Waals surface area (Å²) in [5, 5.41) is 31.5. The van der Waals surface area contributed by atoms with E-state index in [1.807, 2.05) is 30.4 Å². The standard InChI is InChI=1S/C69H100O12/c1-4-7-10-13-16-19-22-25-27-29-31-33-35-38-40-43-46-49-52-55-61(70)77-58-60(79-62(71)56-53-50-47-44-41-37-24-21-18-15-12-9-6-3)59-78-69-67(65(74)64(73)66(81-69)68(75)76)80-63(72)57-54-51-48-45-42-39-36-34-32-30-28-26-23-20-17-14-11-8-5-2/h7-12,16-21,25-28,31-34,37-42,46,48-49,51,60,64-67,69,73-74H,4-6,13-15,22-24,29-30,35-36,43-45,47,50,52-59H2,1-3H3,(H,75,76)/b10-7-,11-8-,12-9-,19-16-,20-17-,21-18-,27-25-,28-26-,33-31-,34-32-,40-38-,41-37-,42-39-,49-46-,51-48-. The van der Waals surface area contributed by atoms with Crippen molar-refractivity contribution in [1.29, 1.82) is 0 Å². The third kappa shape index (κ3) is 44.2. The van der Waals surface area contributed by atoms with Crippen molar-refractivity contribution in [3.63, 3.8) is 0 Å². The van der Waals surface area contributed by atoms with E-state index in [9.17, 15) is 34.5 Å². The van der Waals surface area contributed by atoms with Gasteiger partial charge in [0, 0.05) is 19.3 Å². The van der Waals surface area contributed by atoms with Crippen LogP contribution in [0.3, 0.4) is 0 Å². The number of ether oxygens (including phenoxy) is 5. The van der Waals surface area contributed by atoms with Crippen LogP contribution in [-0.4, -0.2) is 89.2 Å². The zero-order valence-electron chi connectivity index (χ0n) is 49.2. The van der Waals surface area contributed by atoms with Gasteiger partial charge in [0.1, 0.15) is 18.8 Å². The maximum atomic E-state index is 13.1. The zero-order valence-corrected chi connectivity index (χ0v) is 49.2. The fourth-order valence-corrected chi connectivity index (χ4v) is 7.55. The highest BCUT2D eigenvalue weighted by Gasteiger charge is 2.50. The van der Waals surface area contributed by atoms with Gasteiger partial charge >= 0.3 is 23.9 Å². The van der Waals surface area contributed by atoms with E-state index in [4.69, 9.17) is 23.7 Å². The first-order valence-corrected chi connectivity index (χ1v) is 29.8. The normalized spacial score (nSPS) is 19.0. The summed E-state index contributed by atoms with van der Waals surface area (Å²) in [5.41, 5.74) is 0. The third-order valence-electron chi connectivity index (χ3n) is 12.0. The highest BCUT2D eigenvalue weighted by Crippen LogP contribution is 2.26. The minimum Gasteiger partial charge on any atom is -0.479 e. The first-order chi connectivity index (χ1) is 39.6. The van der Waals surface area contributed by atoms with Crippen LogP contribution in [0.5, 0.6) is 0 Å². The predicted molar refractivity (Wildman–Crippen MR) is 330 cm³/mol. The minimum atomic E-state index is -1.95. The van der Waals surface area contributed by atoms with Gasteiger partial charge in [0.25, 0.3) is 0 Å². The van der Waals surface area contributed by atoms with Gasteiger partial charge in [0.15, 0.2) is 24.6 Å². The van der Waals surface area contributed by atoms with E-state index in [1.54, 1.807) is 0 Å². The Bertz CT molecular complexity index is 2110. The van der Waals surface area contributed by atoms with Crippen LogP contribution < -0.4 is 0 Å². The van der Waals surface area contributed by atoms with Gasteiger partial charge in [-0.1, -0.05) is 209 Å². The van der Waals surface area contributed by atoms with Crippen molar-refractivity contribution in [2.45, 2.75) is 212 Å². The maximum absolute atomic E-state index is 13.1. The van der Waals surface area contributed by atoms with E-state index in [2.05, 4.69) is 173 Å². The lowest BCUT2D eigenvalue weighted by Gasteiger charge is -2.40. The zero-order chi connectivity index (χ0) is 58.9. The van der Waals surface area contributed by atoms with E-state index in [1.165, 1.54) is 0 Å². The molecular weight excluding hydrogens is 1020 g/mol. The number of carboxylic acid groups (broad SMARTS) is 1. The fraction of sp³-hybridized carbons (Fsp3) is 0.507. The largest absolute Gasteiger partial charge is 0.479 e. The second-order valence-corrected chi connectivity index (χ2v) is 19.1. The second kappa shape index (κ2) is 54.4. The van der Waals surface area contributed by atoms with Gasteiger partial charge < -0.3 is 39.0 Å². The first-order valence-electron chi connectivity index (χ1n) is 29.8. The van der Waals surface area contributed by atoms with E-state index in [-0.39, 0.29) is 25.9 Å². The number of carbonyl (C=O) groups is 4. The van der Waals surface area contributed by atoms with E-state index in [0.717, 1.165) is 103 Å². The molecule has 0 aromatic carbocycles. The topological polar surface area (TPSA) is 175 Å². The van der Waals surface area contributed by atoms with Crippen molar-refractivity contribution in [1.82, 2.24) is 0 Å². The molecule has 0 aliphatic carbocycles. The molecule has 0 radical (unpaired) electrons. The minimum absolute atomic E-state index is 0.0669. The number of esters is 3. The average molecular weight is 1120 g/mol. The summed E-state index contributed by atoms with van der Waals surface area (Å²) in [6.45, 7) is 5.50. The predicted octanol–water partition coefficient (Wildman–Crippen LogP) is 15.7. The average Bonchev–Trinajstić information content (AvgIpc) is 3.45. The Labute approximate surface area is 487 Å². The molecule has 0 amide bonds. The number of aliphatic hydroxyl groups excluding tert-OH is 2. The SMILES string of the molecule is CC/C=C\C/C=C\C/C=C\C/C=C\C/C=C\C/C=C\CCC(=O)OCC(COC1OC(C(=O)O)C(O)C(O)C1OC(=O)CC/C=C\C/C=C\C/C=C\C/C=C\C/C=C\C/C=C\CC)OC(=O)CCCCC/C=C\C/C=C\C/C=C\CC. The molecule has 6 unspecified atom stereocenters. The van der Waals surface area contributed by atoms with Gasteiger partial charge in [-0.25, -0.2) is 4.79 Å². The summed E-state index contributed by atoms with van der Waals surface area (Å²) in [5.74, 6) is -3.42. The molecule has 1 aliphatic rings. The Kier molecular flexibility index (Phi) is 48.9. The van der Waals surface area contributed by atoms with Crippen LogP contribution in [0.4, 0.5) is 0 Å². The highest BCUT2D eigenvalue weighted by atomic mass is 16.7. The van der Waals surface area contributed by atoms with Crippen molar-refractivity contribution >= 4 is 23.9 Å². The molecule has 1 aliphatic heterocycles. The van der Waals surface area contributed by atoms with Crippen molar-refractivity contribution in [3.05, 3.63) is 182 Å². The highest BCUT2D eigenvalue weighted by molar-refractivity contribution is 5.74. The Morgan fingerprint density at radius 3 is 1.15 bits per heavy atom. The first kappa shape index (κ1) is 72.8. The summed E-state index contributed by atoms with van der Waals surface area (Å²) >= 11 is 0. The van der Waals surface area contributed by atoms with Crippen molar-refractivity contribution < 1.29 is 58.2 Å². The maximum Gasteiger partial charge on any atom is 0.335 e. The molecule has 6 atom stereocenters. The summed E-state index contributed by atoms with van der Waals surface area (Å²) in [6, 6.07) is 0. The number of hydrogen-bond acceptors (Lipinski definition) is 11. The molecule has 1 fully saturated rings. The second-order valence-electron chi connectivity index (χ2n) is 19.1. The smallest absolute Gasteiger partial charge is 0.335 e.